The van der Waals surface area contributed by atoms with Crippen LogP contribution in [0.1, 0.15) is 15.4 Å². The van der Waals surface area contributed by atoms with Gasteiger partial charge in [0.25, 0.3) is 0 Å². The van der Waals surface area contributed by atoms with Crippen molar-refractivity contribution in [2.24, 2.45) is 0 Å². The summed E-state index contributed by atoms with van der Waals surface area (Å²) in [5, 5.41) is 13.0. The van der Waals surface area contributed by atoms with Gasteiger partial charge in [-0.15, -0.1) is 11.3 Å². The molecule has 98 valence electrons. The fourth-order valence-electron chi connectivity index (χ4n) is 1.32. The summed E-state index contributed by atoms with van der Waals surface area (Å²) in [5.41, 5.74) is 0.285. The Hall–Kier alpha value is -1.86. The lowest BCUT2D eigenvalue weighted by atomic mass is 10.3. The summed E-state index contributed by atoms with van der Waals surface area (Å²) in [7, 11) is 0. The van der Waals surface area contributed by atoms with E-state index in [1.165, 1.54) is 12.2 Å². The van der Waals surface area contributed by atoms with Crippen molar-refractivity contribution in [3.05, 3.63) is 45.0 Å². The van der Waals surface area contributed by atoms with Crippen molar-refractivity contribution in [2.75, 3.05) is 5.32 Å². The first-order valence-electron chi connectivity index (χ1n) is 5.11. The minimum absolute atomic E-state index is 0.0995. The number of halogens is 1. The van der Waals surface area contributed by atoms with Crippen LogP contribution in [-0.4, -0.2) is 17.0 Å². The molecule has 0 saturated carbocycles. The smallest absolute Gasteiger partial charge is 0.348 e. The molecule has 1 amide bonds. The zero-order valence-corrected chi connectivity index (χ0v) is 11.8. The molecule has 5 nitrogen and oxygen atoms in total. The van der Waals surface area contributed by atoms with Gasteiger partial charge in [0, 0.05) is 6.08 Å². The molecule has 0 aliphatic rings. The van der Waals surface area contributed by atoms with E-state index in [4.69, 9.17) is 9.52 Å². The maximum atomic E-state index is 11.6. The van der Waals surface area contributed by atoms with Crippen molar-refractivity contribution in [3.8, 4) is 0 Å². The lowest BCUT2D eigenvalue weighted by Gasteiger charge is -1.99. The van der Waals surface area contributed by atoms with Gasteiger partial charge in [-0.25, -0.2) is 4.79 Å². The SMILES string of the molecule is O=C(/C=C/c1ccc(Br)o1)Nc1ccsc1C(=O)O. The number of carboxylic acid groups (broad SMARTS) is 1. The highest BCUT2D eigenvalue weighted by Gasteiger charge is 2.12. The molecule has 0 atom stereocenters. The average Bonchev–Trinajstić information content (AvgIpc) is 2.95. The molecule has 19 heavy (non-hydrogen) atoms. The fraction of sp³-hybridized carbons (Fsp3) is 0. The second-order valence-corrected chi connectivity index (χ2v) is 5.13. The van der Waals surface area contributed by atoms with Crippen molar-refractivity contribution in [1.82, 2.24) is 0 Å². The third-order valence-electron chi connectivity index (χ3n) is 2.11. The molecule has 0 aliphatic carbocycles. The van der Waals surface area contributed by atoms with Crippen LogP contribution in [-0.2, 0) is 4.79 Å². The molecular formula is C12H8BrNO4S. The number of carbonyl (C=O) groups excluding carboxylic acids is 1. The second kappa shape index (κ2) is 5.85. The number of carboxylic acids is 1. The summed E-state index contributed by atoms with van der Waals surface area (Å²) < 4.78 is 5.76. The summed E-state index contributed by atoms with van der Waals surface area (Å²) in [6, 6.07) is 4.95. The largest absolute Gasteiger partial charge is 0.477 e. The number of furan rings is 1. The number of hydrogen-bond donors (Lipinski definition) is 2. The summed E-state index contributed by atoms with van der Waals surface area (Å²) >= 11 is 4.20. The van der Waals surface area contributed by atoms with Crippen LogP contribution in [0.25, 0.3) is 6.08 Å². The Bertz CT molecular complexity index is 644. The van der Waals surface area contributed by atoms with Gasteiger partial charge in [-0.2, -0.15) is 0 Å². The van der Waals surface area contributed by atoms with Gasteiger partial charge in [0.2, 0.25) is 5.91 Å². The second-order valence-electron chi connectivity index (χ2n) is 3.43. The highest BCUT2D eigenvalue weighted by atomic mass is 79.9. The molecule has 0 aromatic carbocycles. The van der Waals surface area contributed by atoms with E-state index in [0.29, 0.717) is 10.4 Å². The van der Waals surface area contributed by atoms with E-state index in [2.05, 4.69) is 21.2 Å². The normalized spacial score (nSPS) is 10.8. The van der Waals surface area contributed by atoms with Gasteiger partial charge in [-0.05, 0) is 45.6 Å². The van der Waals surface area contributed by atoms with E-state index in [0.717, 1.165) is 11.3 Å². The van der Waals surface area contributed by atoms with Gasteiger partial charge in [0.1, 0.15) is 10.6 Å². The minimum Gasteiger partial charge on any atom is -0.477 e. The van der Waals surface area contributed by atoms with Crippen molar-refractivity contribution < 1.29 is 19.1 Å². The van der Waals surface area contributed by atoms with E-state index in [-0.39, 0.29) is 10.6 Å². The average molecular weight is 342 g/mol. The minimum atomic E-state index is -1.07. The topological polar surface area (TPSA) is 79.5 Å². The standard InChI is InChI=1S/C12H8BrNO4S/c13-9-3-1-7(18-9)2-4-10(15)14-8-5-6-19-11(8)12(16)17/h1-6H,(H,14,15)(H,16,17)/b4-2+. The van der Waals surface area contributed by atoms with Crippen LogP contribution in [0.3, 0.4) is 0 Å². The Labute approximate surface area is 120 Å². The van der Waals surface area contributed by atoms with Gasteiger partial charge >= 0.3 is 5.97 Å². The lowest BCUT2D eigenvalue weighted by molar-refractivity contribution is -0.111. The molecule has 0 fully saturated rings. The van der Waals surface area contributed by atoms with Gasteiger partial charge in [-0.3, -0.25) is 4.79 Å². The molecule has 0 unspecified atom stereocenters. The van der Waals surface area contributed by atoms with Crippen molar-refractivity contribution in [3.63, 3.8) is 0 Å². The van der Waals surface area contributed by atoms with E-state index in [1.54, 1.807) is 23.6 Å². The van der Waals surface area contributed by atoms with Gasteiger partial charge < -0.3 is 14.8 Å². The van der Waals surface area contributed by atoms with Crippen molar-refractivity contribution in [2.45, 2.75) is 0 Å². The Kier molecular flexibility index (Phi) is 4.18. The van der Waals surface area contributed by atoms with E-state index >= 15 is 0 Å². The number of hydrogen-bond acceptors (Lipinski definition) is 4. The predicted octanol–water partition coefficient (Wildman–Crippen LogP) is 3.45. The number of nitrogens with one attached hydrogen (secondary N) is 1. The first kappa shape index (κ1) is 13.6. The molecule has 7 heteroatoms. The Morgan fingerprint density at radius 2 is 2.16 bits per heavy atom. The summed E-state index contributed by atoms with van der Waals surface area (Å²) in [6.45, 7) is 0. The van der Waals surface area contributed by atoms with Crippen molar-refractivity contribution in [1.29, 1.82) is 0 Å². The Morgan fingerprint density at radius 3 is 2.79 bits per heavy atom. The van der Waals surface area contributed by atoms with E-state index in [1.807, 2.05) is 0 Å². The van der Waals surface area contributed by atoms with Crippen LogP contribution in [0.2, 0.25) is 0 Å². The van der Waals surface area contributed by atoms with Crippen LogP contribution in [0, 0.1) is 0 Å². The molecule has 0 bridgehead atoms. The number of rotatable bonds is 4. The van der Waals surface area contributed by atoms with Gasteiger partial charge in [0.15, 0.2) is 4.67 Å². The third-order valence-corrected chi connectivity index (χ3v) is 3.44. The van der Waals surface area contributed by atoms with Crippen LogP contribution >= 0.6 is 27.3 Å². The van der Waals surface area contributed by atoms with E-state index < -0.39 is 11.9 Å². The Balaban J connectivity index is 2.03. The van der Waals surface area contributed by atoms with Crippen LogP contribution < -0.4 is 5.32 Å². The number of aromatic carboxylic acids is 1. The summed E-state index contributed by atoms with van der Waals surface area (Å²) in [6.07, 6.45) is 2.77. The fourth-order valence-corrected chi connectivity index (χ4v) is 2.33. The monoisotopic (exact) mass is 341 g/mol. The number of amides is 1. The van der Waals surface area contributed by atoms with Crippen LogP contribution in [0.15, 0.2) is 38.7 Å². The molecule has 2 heterocycles. The van der Waals surface area contributed by atoms with Crippen LogP contribution in [0.5, 0.6) is 0 Å². The van der Waals surface area contributed by atoms with Crippen LogP contribution in [0.4, 0.5) is 5.69 Å². The highest BCUT2D eigenvalue weighted by molar-refractivity contribution is 9.10. The number of anilines is 1. The molecule has 0 aliphatic heterocycles. The Morgan fingerprint density at radius 1 is 1.37 bits per heavy atom. The molecule has 0 spiro atoms. The number of thiophene rings is 1. The predicted molar refractivity (Wildman–Crippen MR) is 75.4 cm³/mol. The molecule has 2 rings (SSSR count). The van der Waals surface area contributed by atoms with Gasteiger partial charge in [-0.1, -0.05) is 0 Å². The molecule has 0 radical (unpaired) electrons. The lowest BCUT2D eigenvalue weighted by Crippen LogP contribution is -2.09. The maximum Gasteiger partial charge on any atom is 0.348 e. The number of carbonyl (C=O) groups is 2. The molecule has 2 aromatic heterocycles. The maximum absolute atomic E-state index is 11.6. The summed E-state index contributed by atoms with van der Waals surface area (Å²) in [5.74, 6) is -0.969. The molecular weight excluding hydrogens is 334 g/mol. The van der Waals surface area contributed by atoms with E-state index in [9.17, 15) is 9.59 Å². The van der Waals surface area contributed by atoms with Crippen molar-refractivity contribution >= 4 is 50.9 Å². The molecule has 2 N–H and O–H groups in total. The van der Waals surface area contributed by atoms with Gasteiger partial charge in [0.05, 0.1) is 5.69 Å². The quantitative estimate of drug-likeness (QED) is 0.834. The summed E-state index contributed by atoms with van der Waals surface area (Å²) in [4.78, 5) is 22.6. The molecule has 2 aromatic rings. The molecule has 0 saturated heterocycles. The first-order chi connectivity index (χ1) is 9.06. The first-order valence-corrected chi connectivity index (χ1v) is 6.78. The highest BCUT2D eigenvalue weighted by Crippen LogP contribution is 2.22. The zero-order valence-electron chi connectivity index (χ0n) is 9.42. The zero-order chi connectivity index (χ0) is 13.8. The third kappa shape index (κ3) is 3.55.